The van der Waals surface area contributed by atoms with Crippen molar-refractivity contribution in [2.75, 3.05) is 13.1 Å². The third kappa shape index (κ3) is 4.44. The Morgan fingerprint density at radius 2 is 1.93 bits per heavy atom. The predicted octanol–water partition coefficient (Wildman–Crippen LogP) is 3.22. The molecule has 0 atom stereocenters. The summed E-state index contributed by atoms with van der Waals surface area (Å²) in [6.07, 6.45) is 1.42. The molecule has 0 saturated carbocycles. The summed E-state index contributed by atoms with van der Waals surface area (Å²) in [7, 11) is -3.64. The van der Waals surface area contributed by atoms with Gasteiger partial charge in [0, 0.05) is 30.9 Å². The molecule has 10 nitrogen and oxygen atoms in total. The van der Waals surface area contributed by atoms with E-state index in [2.05, 4.69) is 15.2 Å². The highest BCUT2D eigenvalue weighted by molar-refractivity contribution is 7.99. The van der Waals surface area contributed by atoms with Gasteiger partial charge in [0.05, 0.1) is 9.82 Å². The molecule has 3 aromatic rings. The molecule has 1 aromatic carbocycles. The molecule has 0 N–H and O–H groups in total. The predicted molar refractivity (Wildman–Crippen MR) is 105 cm³/mol. The van der Waals surface area contributed by atoms with Crippen LogP contribution in [0, 0.1) is 10.1 Å². The third-order valence-corrected chi connectivity index (χ3v) is 6.86. The number of pyridine rings is 1. The van der Waals surface area contributed by atoms with Crippen molar-refractivity contribution >= 4 is 27.5 Å². The minimum absolute atomic E-state index is 0.0544. The monoisotopic (exact) mass is 435 g/mol. The molecule has 2 aromatic heterocycles. The molecule has 0 aliphatic rings. The summed E-state index contributed by atoms with van der Waals surface area (Å²) in [4.78, 5) is 14.6. The van der Waals surface area contributed by atoms with Crippen LogP contribution in [0.2, 0.25) is 0 Å². The summed E-state index contributed by atoms with van der Waals surface area (Å²) < 4.78 is 32.3. The number of hydrogen-bond acceptors (Lipinski definition) is 9. The van der Waals surface area contributed by atoms with Crippen molar-refractivity contribution < 1.29 is 17.8 Å². The van der Waals surface area contributed by atoms with Crippen LogP contribution in [-0.2, 0) is 10.0 Å². The highest BCUT2D eigenvalue weighted by Crippen LogP contribution is 2.33. The topological polar surface area (TPSA) is 132 Å². The first-order valence-electron chi connectivity index (χ1n) is 8.58. The number of nitro groups is 1. The Morgan fingerprint density at radius 3 is 2.62 bits per heavy atom. The maximum atomic E-state index is 12.7. The summed E-state index contributed by atoms with van der Waals surface area (Å²) >= 11 is 0.860. The molecule has 0 aliphatic heterocycles. The van der Waals surface area contributed by atoms with Crippen LogP contribution in [0.25, 0.3) is 11.5 Å². The SMILES string of the molecule is CCN(CC)S(=O)(=O)c1cccc(-c2nnc(Sc3ncccc3[N+](=O)[O-])o2)c1. The van der Waals surface area contributed by atoms with Crippen molar-refractivity contribution in [1.29, 1.82) is 0 Å². The Hall–Kier alpha value is -2.83. The van der Waals surface area contributed by atoms with Gasteiger partial charge in [-0.3, -0.25) is 10.1 Å². The van der Waals surface area contributed by atoms with Crippen molar-refractivity contribution in [3.05, 3.63) is 52.7 Å². The normalized spacial score (nSPS) is 11.7. The molecule has 0 spiro atoms. The van der Waals surface area contributed by atoms with Crippen molar-refractivity contribution in [3.63, 3.8) is 0 Å². The van der Waals surface area contributed by atoms with E-state index in [0.29, 0.717) is 18.7 Å². The van der Waals surface area contributed by atoms with Gasteiger partial charge in [0.25, 0.3) is 5.22 Å². The van der Waals surface area contributed by atoms with Gasteiger partial charge < -0.3 is 4.42 Å². The summed E-state index contributed by atoms with van der Waals surface area (Å²) in [5, 5.41) is 19.1. The Morgan fingerprint density at radius 1 is 1.17 bits per heavy atom. The van der Waals surface area contributed by atoms with E-state index in [4.69, 9.17) is 4.42 Å². The smallest absolute Gasteiger partial charge is 0.301 e. The van der Waals surface area contributed by atoms with Crippen molar-refractivity contribution in [1.82, 2.24) is 19.5 Å². The standard InChI is InChI=1S/C17H17N5O5S2/c1-3-21(4-2)29(25,26)13-8-5-7-12(11-13)15-19-20-17(27-15)28-16-14(22(23)24)9-6-10-18-16/h5-11H,3-4H2,1-2H3. The third-order valence-electron chi connectivity index (χ3n) is 3.96. The van der Waals surface area contributed by atoms with Gasteiger partial charge in [0.2, 0.25) is 15.9 Å². The summed E-state index contributed by atoms with van der Waals surface area (Å²) in [6.45, 7) is 4.24. The van der Waals surface area contributed by atoms with E-state index in [0.717, 1.165) is 11.8 Å². The molecular weight excluding hydrogens is 418 g/mol. The zero-order chi connectivity index (χ0) is 21.0. The Labute approximate surface area is 171 Å². The van der Waals surface area contributed by atoms with Gasteiger partial charge in [0.15, 0.2) is 5.03 Å². The van der Waals surface area contributed by atoms with E-state index in [1.54, 1.807) is 26.0 Å². The van der Waals surface area contributed by atoms with E-state index >= 15 is 0 Å². The van der Waals surface area contributed by atoms with Crippen LogP contribution in [0.3, 0.4) is 0 Å². The van der Waals surface area contributed by atoms with Gasteiger partial charge in [-0.15, -0.1) is 10.2 Å². The second kappa shape index (κ2) is 8.68. The zero-order valence-corrected chi connectivity index (χ0v) is 17.2. The van der Waals surface area contributed by atoms with Gasteiger partial charge in [-0.05, 0) is 36.0 Å². The van der Waals surface area contributed by atoms with Crippen LogP contribution in [0.1, 0.15) is 13.8 Å². The molecule has 0 bridgehead atoms. The van der Waals surface area contributed by atoms with Gasteiger partial charge in [-0.2, -0.15) is 4.31 Å². The molecule has 0 fully saturated rings. The van der Waals surface area contributed by atoms with E-state index in [-0.39, 0.29) is 26.7 Å². The molecule has 12 heteroatoms. The number of aromatic nitrogens is 3. The second-order valence-electron chi connectivity index (χ2n) is 5.68. The summed E-state index contributed by atoms with van der Waals surface area (Å²) in [6, 6.07) is 8.98. The van der Waals surface area contributed by atoms with Gasteiger partial charge >= 0.3 is 5.69 Å². The molecule has 0 amide bonds. The fraction of sp³-hybridized carbons (Fsp3) is 0.235. The van der Waals surface area contributed by atoms with Crippen LogP contribution < -0.4 is 0 Å². The molecule has 0 saturated heterocycles. The fourth-order valence-electron chi connectivity index (χ4n) is 2.55. The number of hydrogen-bond donors (Lipinski definition) is 0. The zero-order valence-electron chi connectivity index (χ0n) is 15.5. The van der Waals surface area contributed by atoms with Crippen LogP contribution >= 0.6 is 11.8 Å². The minimum atomic E-state index is -3.64. The van der Waals surface area contributed by atoms with Crippen LogP contribution in [0.4, 0.5) is 5.69 Å². The van der Waals surface area contributed by atoms with E-state index in [1.165, 1.54) is 34.8 Å². The highest BCUT2D eigenvalue weighted by Gasteiger charge is 2.23. The summed E-state index contributed by atoms with van der Waals surface area (Å²) in [5.41, 5.74) is 0.248. The number of nitrogens with zero attached hydrogens (tertiary/aromatic N) is 5. The lowest BCUT2D eigenvalue weighted by molar-refractivity contribution is -0.388. The van der Waals surface area contributed by atoms with E-state index < -0.39 is 14.9 Å². The molecular formula is C17H17N5O5S2. The molecule has 0 aliphatic carbocycles. The molecule has 2 heterocycles. The van der Waals surface area contributed by atoms with E-state index in [9.17, 15) is 18.5 Å². The van der Waals surface area contributed by atoms with Crippen LogP contribution in [0.15, 0.2) is 62.2 Å². The number of benzene rings is 1. The average molecular weight is 435 g/mol. The van der Waals surface area contributed by atoms with Gasteiger partial charge in [-0.1, -0.05) is 19.9 Å². The van der Waals surface area contributed by atoms with Crippen LogP contribution in [0.5, 0.6) is 0 Å². The molecule has 152 valence electrons. The molecule has 3 rings (SSSR count). The first-order valence-corrected chi connectivity index (χ1v) is 10.8. The fourth-order valence-corrected chi connectivity index (χ4v) is 4.79. The van der Waals surface area contributed by atoms with E-state index in [1.807, 2.05) is 0 Å². The number of sulfonamides is 1. The summed E-state index contributed by atoms with van der Waals surface area (Å²) in [5.74, 6) is 0.0997. The van der Waals surface area contributed by atoms with Crippen molar-refractivity contribution in [2.45, 2.75) is 29.0 Å². The van der Waals surface area contributed by atoms with Crippen LogP contribution in [-0.4, -0.2) is 45.9 Å². The highest BCUT2D eigenvalue weighted by atomic mass is 32.2. The maximum Gasteiger partial charge on any atom is 0.301 e. The largest absolute Gasteiger partial charge is 0.411 e. The second-order valence-corrected chi connectivity index (χ2v) is 8.56. The maximum absolute atomic E-state index is 12.7. The first kappa shape index (κ1) is 20.9. The Bertz CT molecular complexity index is 1130. The Balaban J connectivity index is 1.89. The van der Waals surface area contributed by atoms with Crippen molar-refractivity contribution in [3.8, 4) is 11.5 Å². The molecule has 29 heavy (non-hydrogen) atoms. The lowest BCUT2D eigenvalue weighted by Gasteiger charge is -2.18. The lowest BCUT2D eigenvalue weighted by Crippen LogP contribution is -2.30. The lowest BCUT2D eigenvalue weighted by atomic mass is 10.2. The molecule has 0 unspecified atom stereocenters. The minimum Gasteiger partial charge on any atom is -0.411 e. The number of rotatable bonds is 8. The first-order chi connectivity index (χ1) is 13.9. The quantitative estimate of drug-likeness (QED) is 0.386. The molecule has 0 radical (unpaired) electrons. The van der Waals surface area contributed by atoms with Gasteiger partial charge in [-0.25, -0.2) is 13.4 Å². The Kier molecular flexibility index (Phi) is 6.25. The average Bonchev–Trinajstić information content (AvgIpc) is 3.17. The van der Waals surface area contributed by atoms with Gasteiger partial charge in [0.1, 0.15) is 0 Å². The van der Waals surface area contributed by atoms with Crippen molar-refractivity contribution in [2.24, 2.45) is 0 Å².